The average molecular weight is 293 g/mol. The van der Waals surface area contributed by atoms with Crippen LogP contribution in [0, 0.1) is 0 Å². The van der Waals surface area contributed by atoms with E-state index < -0.39 is 35.6 Å². The zero-order valence-corrected chi connectivity index (χ0v) is 9.39. The third-order valence-corrected chi connectivity index (χ3v) is 1.78. The lowest BCUT2D eigenvalue weighted by Gasteiger charge is -2.11. The van der Waals surface area contributed by atoms with Crippen molar-refractivity contribution in [3.8, 4) is 5.88 Å². The van der Waals surface area contributed by atoms with Gasteiger partial charge in [0.25, 0.3) is 5.91 Å². The molecule has 0 aliphatic heterocycles. The fourth-order valence-corrected chi connectivity index (χ4v) is 1.07. The van der Waals surface area contributed by atoms with E-state index in [0.717, 1.165) is 0 Å². The summed E-state index contributed by atoms with van der Waals surface area (Å²) in [6.45, 7) is 0. The first kappa shape index (κ1) is 15.2. The number of halogens is 3. The molecule has 0 radical (unpaired) electrons. The number of nitrogens with one attached hydrogen (secondary N) is 1. The average Bonchev–Trinajstić information content (AvgIpc) is 2.28. The number of rotatable bonds is 3. The normalized spacial score (nSPS) is 10.8. The first-order valence-electron chi connectivity index (χ1n) is 4.70. The molecule has 0 bridgehead atoms. The lowest BCUT2D eigenvalue weighted by Crippen LogP contribution is -2.24. The topological polar surface area (TPSA) is 132 Å². The number of carbonyl (C=O) groups is 3. The van der Waals surface area contributed by atoms with Crippen molar-refractivity contribution >= 4 is 23.5 Å². The minimum absolute atomic E-state index is 0.333. The second-order valence-corrected chi connectivity index (χ2v) is 3.25. The van der Waals surface area contributed by atoms with Crippen molar-refractivity contribution in [1.82, 2.24) is 4.98 Å². The van der Waals surface area contributed by atoms with E-state index in [1.165, 1.54) is 0 Å². The number of alkyl halides is 3. The Morgan fingerprint density at radius 1 is 1.35 bits per heavy atom. The van der Waals surface area contributed by atoms with Gasteiger partial charge in [-0.2, -0.15) is 0 Å². The summed E-state index contributed by atoms with van der Waals surface area (Å²) >= 11 is 0. The van der Waals surface area contributed by atoms with Crippen LogP contribution in [-0.2, 0) is 9.59 Å². The quantitative estimate of drug-likeness (QED) is 0.677. The summed E-state index contributed by atoms with van der Waals surface area (Å²) in [6, 6.07) is 0.706. The van der Waals surface area contributed by atoms with Gasteiger partial charge in [0.2, 0.25) is 5.88 Å². The molecule has 108 valence electrons. The number of aliphatic carboxylic acids is 1. The summed E-state index contributed by atoms with van der Waals surface area (Å²) in [5, 5.41) is 10.1. The SMILES string of the molecule is NC(=O)c1cc(NC(=O)C(=O)O)cnc1OC(F)(F)F. The molecule has 0 saturated heterocycles. The van der Waals surface area contributed by atoms with Crippen LogP contribution in [0.4, 0.5) is 18.9 Å². The van der Waals surface area contributed by atoms with E-state index in [9.17, 15) is 27.6 Å². The van der Waals surface area contributed by atoms with E-state index >= 15 is 0 Å². The molecule has 1 heterocycles. The number of nitrogens with two attached hydrogens (primary N) is 1. The molecule has 4 N–H and O–H groups in total. The highest BCUT2D eigenvalue weighted by Gasteiger charge is 2.33. The molecular weight excluding hydrogens is 287 g/mol. The Hall–Kier alpha value is -2.85. The Morgan fingerprint density at radius 3 is 2.40 bits per heavy atom. The van der Waals surface area contributed by atoms with Crippen molar-refractivity contribution < 1.29 is 37.4 Å². The van der Waals surface area contributed by atoms with Gasteiger partial charge in [-0.25, -0.2) is 9.78 Å². The van der Waals surface area contributed by atoms with E-state index in [4.69, 9.17) is 10.8 Å². The van der Waals surface area contributed by atoms with E-state index in [0.29, 0.717) is 12.3 Å². The number of aromatic nitrogens is 1. The molecule has 8 nitrogen and oxygen atoms in total. The fourth-order valence-electron chi connectivity index (χ4n) is 1.07. The fraction of sp³-hybridized carbons (Fsp3) is 0.111. The molecule has 1 aromatic rings. The second-order valence-electron chi connectivity index (χ2n) is 3.25. The lowest BCUT2D eigenvalue weighted by molar-refractivity contribution is -0.276. The highest BCUT2D eigenvalue weighted by Crippen LogP contribution is 2.25. The van der Waals surface area contributed by atoms with E-state index in [1.54, 1.807) is 5.32 Å². The molecule has 0 saturated carbocycles. The smallest absolute Gasteiger partial charge is 0.474 e. The molecule has 0 fully saturated rings. The van der Waals surface area contributed by atoms with Crippen molar-refractivity contribution in [2.45, 2.75) is 6.36 Å². The Labute approximate surface area is 108 Å². The van der Waals surface area contributed by atoms with E-state index in [2.05, 4.69) is 9.72 Å². The second kappa shape index (κ2) is 5.42. The largest absolute Gasteiger partial charge is 0.574 e. The first-order valence-corrected chi connectivity index (χ1v) is 4.70. The molecule has 1 rings (SSSR count). The molecule has 0 aromatic carbocycles. The van der Waals surface area contributed by atoms with Crippen molar-refractivity contribution in [2.24, 2.45) is 5.73 Å². The minimum atomic E-state index is -5.09. The van der Waals surface area contributed by atoms with Gasteiger partial charge in [0.05, 0.1) is 11.9 Å². The van der Waals surface area contributed by atoms with Crippen molar-refractivity contribution in [3.63, 3.8) is 0 Å². The highest BCUT2D eigenvalue weighted by molar-refractivity contribution is 6.36. The van der Waals surface area contributed by atoms with Gasteiger partial charge in [-0.1, -0.05) is 0 Å². The van der Waals surface area contributed by atoms with Crippen LogP contribution in [0.5, 0.6) is 5.88 Å². The zero-order chi connectivity index (χ0) is 15.5. The van der Waals surface area contributed by atoms with Crippen LogP contribution >= 0.6 is 0 Å². The minimum Gasteiger partial charge on any atom is -0.474 e. The first-order chi connectivity index (χ1) is 9.10. The van der Waals surface area contributed by atoms with Crippen LogP contribution in [0.1, 0.15) is 10.4 Å². The van der Waals surface area contributed by atoms with Gasteiger partial charge in [0.1, 0.15) is 5.56 Å². The molecule has 11 heteroatoms. The summed E-state index contributed by atoms with van der Waals surface area (Å²) in [5.74, 6) is -5.71. The third kappa shape index (κ3) is 4.12. The van der Waals surface area contributed by atoms with E-state index in [-0.39, 0.29) is 5.69 Å². The summed E-state index contributed by atoms with van der Waals surface area (Å²) in [7, 11) is 0. The maximum Gasteiger partial charge on any atom is 0.574 e. The van der Waals surface area contributed by atoms with Crippen LogP contribution in [-0.4, -0.2) is 34.2 Å². The van der Waals surface area contributed by atoms with Gasteiger partial charge in [0, 0.05) is 0 Å². The number of hydrogen-bond acceptors (Lipinski definition) is 5. The zero-order valence-electron chi connectivity index (χ0n) is 9.39. The summed E-state index contributed by atoms with van der Waals surface area (Å²) in [4.78, 5) is 35.3. The molecule has 2 amide bonds. The molecule has 20 heavy (non-hydrogen) atoms. The number of ether oxygens (including phenoxy) is 1. The van der Waals surface area contributed by atoms with Crippen LogP contribution in [0.2, 0.25) is 0 Å². The number of pyridine rings is 1. The number of carboxylic acid groups (broad SMARTS) is 1. The molecule has 0 spiro atoms. The highest BCUT2D eigenvalue weighted by atomic mass is 19.4. The van der Waals surface area contributed by atoms with Crippen molar-refractivity contribution in [1.29, 1.82) is 0 Å². The van der Waals surface area contributed by atoms with Gasteiger partial charge in [-0.05, 0) is 6.07 Å². The lowest BCUT2D eigenvalue weighted by atomic mass is 10.2. The number of carbonyl (C=O) groups excluding carboxylic acids is 2. The van der Waals surface area contributed by atoms with Crippen LogP contribution in [0.15, 0.2) is 12.3 Å². The number of carboxylic acids is 1. The van der Waals surface area contributed by atoms with E-state index in [1.807, 2.05) is 0 Å². The number of amides is 2. The number of anilines is 1. The standard InChI is InChI=1S/C9H6F3N3O5/c10-9(11,12)20-7-4(5(13)16)1-3(2-14-7)15-6(17)8(18)19/h1-2H,(H2,13,16)(H,15,17)(H,18,19). The predicted octanol–water partition coefficient (Wildman–Crippen LogP) is 0.102. The van der Waals surface area contributed by atoms with Gasteiger partial charge in [-0.3, -0.25) is 9.59 Å². The van der Waals surface area contributed by atoms with Crippen LogP contribution in [0.3, 0.4) is 0 Å². The summed E-state index contributed by atoms with van der Waals surface area (Å²) < 4.78 is 39.6. The molecule has 1 aromatic heterocycles. The molecular formula is C9H6F3N3O5. The van der Waals surface area contributed by atoms with Crippen molar-refractivity contribution in [3.05, 3.63) is 17.8 Å². The Balaban J connectivity index is 3.10. The maximum atomic E-state index is 12.0. The van der Waals surface area contributed by atoms with Crippen LogP contribution < -0.4 is 15.8 Å². The Bertz CT molecular complexity index is 572. The molecule has 0 atom stereocenters. The Kier molecular flexibility index (Phi) is 4.12. The molecule has 0 unspecified atom stereocenters. The predicted molar refractivity (Wildman–Crippen MR) is 55.7 cm³/mol. The monoisotopic (exact) mass is 293 g/mol. The number of hydrogen-bond donors (Lipinski definition) is 3. The van der Waals surface area contributed by atoms with Gasteiger partial charge in [0.15, 0.2) is 0 Å². The van der Waals surface area contributed by atoms with Crippen molar-refractivity contribution in [2.75, 3.05) is 5.32 Å². The number of primary amides is 1. The Morgan fingerprint density at radius 2 is 1.95 bits per heavy atom. The summed E-state index contributed by atoms with van der Waals surface area (Å²) in [6.07, 6.45) is -4.42. The molecule has 0 aliphatic carbocycles. The summed E-state index contributed by atoms with van der Waals surface area (Å²) in [5.41, 5.74) is 3.73. The van der Waals surface area contributed by atoms with Crippen LogP contribution in [0.25, 0.3) is 0 Å². The maximum absolute atomic E-state index is 12.0. The third-order valence-electron chi connectivity index (χ3n) is 1.78. The number of nitrogens with zero attached hydrogens (tertiary/aromatic N) is 1. The van der Waals surface area contributed by atoms with Gasteiger partial charge >= 0.3 is 18.2 Å². The van der Waals surface area contributed by atoms with Gasteiger partial charge < -0.3 is 20.9 Å². The molecule has 0 aliphatic rings. The van der Waals surface area contributed by atoms with Gasteiger partial charge in [-0.15, -0.1) is 13.2 Å².